The van der Waals surface area contributed by atoms with Crippen LogP contribution in [0.2, 0.25) is 0 Å². The molecule has 1 N–H and O–H groups in total. The molecule has 0 saturated heterocycles. The van der Waals surface area contributed by atoms with E-state index in [0.29, 0.717) is 11.4 Å². The smallest absolute Gasteiger partial charge is 0.227 e. The van der Waals surface area contributed by atoms with Gasteiger partial charge in [-0.1, -0.05) is 97.1 Å². The second kappa shape index (κ2) is 13.1. The van der Waals surface area contributed by atoms with Gasteiger partial charge in [0.1, 0.15) is 11.2 Å². The van der Waals surface area contributed by atoms with Gasteiger partial charge in [0.25, 0.3) is 0 Å². The molecule has 1 unspecified atom stereocenters. The molecule has 11 rings (SSSR count). The Morgan fingerprint density at radius 1 is 0.411 bits per heavy atom. The van der Waals surface area contributed by atoms with E-state index in [1.54, 1.807) is 12.4 Å². The van der Waals surface area contributed by atoms with Crippen molar-refractivity contribution >= 4 is 49.8 Å². The van der Waals surface area contributed by atoms with Gasteiger partial charge in [-0.3, -0.25) is 0 Å². The molecule has 5 nitrogen and oxygen atoms in total. The van der Waals surface area contributed by atoms with Gasteiger partial charge in [0.2, 0.25) is 11.4 Å². The van der Waals surface area contributed by atoms with Crippen LogP contribution in [0.3, 0.4) is 0 Å². The van der Waals surface area contributed by atoms with Crippen molar-refractivity contribution < 1.29 is 8.83 Å². The van der Waals surface area contributed by atoms with Crippen LogP contribution in [0.25, 0.3) is 94.3 Å². The van der Waals surface area contributed by atoms with Crippen LogP contribution in [0.4, 0.5) is 0 Å². The fourth-order valence-corrected chi connectivity index (χ4v) is 8.02. The first-order chi connectivity index (χ1) is 27.7. The summed E-state index contributed by atoms with van der Waals surface area (Å²) < 4.78 is 12.0. The van der Waals surface area contributed by atoms with E-state index in [4.69, 9.17) is 8.83 Å². The Labute approximate surface area is 322 Å². The molecule has 1 atom stereocenters. The van der Waals surface area contributed by atoms with Crippen molar-refractivity contribution in [1.29, 1.82) is 0 Å². The molecule has 5 heteroatoms. The van der Waals surface area contributed by atoms with Crippen LogP contribution >= 0.6 is 0 Å². The Morgan fingerprint density at radius 2 is 0.875 bits per heavy atom. The van der Waals surface area contributed by atoms with Crippen molar-refractivity contribution in [2.24, 2.45) is 0 Å². The van der Waals surface area contributed by atoms with E-state index in [2.05, 4.69) is 167 Å². The van der Waals surface area contributed by atoms with Crippen LogP contribution < -0.4 is 5.32 Å². The molecule has 0 fully saturated rings. The first kappa shape index (κ1) is 32.0. The number of pyridine rings is 2. The van der Waals surface area contributed by atoms with Crippen LogP contribution in [0.1, 0.15) is 17.2 Å². The Hall–Kier alpha value is -7.50. The van der Waals surface area contributed by atoms with Gasteiger partial charge >= 0.3 is 0 Å². The highest BCUT2D eigenvalue weighted by molar-refractivity contribution is 6.06. The minimum atomic E-state index is 0.0274. The van der Waals surface area contributed by atoms with Gasteiger partial charge in [-0.05, 0) is 135 Å². The number of hydrogen-bond acceptors (Lipinski definition) is 5. The summed E-state index contributed by atoms with van der Waals surface area (Å²) in [7, 11) is 0. The summed E-state index contributed by atoms with van der Waals surface area (Å²) >= 11 is 0. The number of furan rings is 2. The number of nitrogens with zero attached hydrogens (tertiary/aromatic N) is 2. The second-order valence-corrected chi connectivity index (χ2v) is 14.3. The zero-order chi connectivity index (χ0) is 37.0. The lowest BCUT2D eigenvalue weighted by molar-refractivity contribution is 0.653. The Kier molecular flexibility index (Phi) is 7.49. The number of dihydropyridines is 1. The lowest BCUT2D eigenvalue weighted by atomic mass is 9.94. The summed E-state index contributed by atoms with van der Waals surface area (Å²) in [5.74, 6) is 0. The van der Waals surface area contributed by atoms with Gasteiger partial charge in [0.05, 0.1) is 6.04 Å². The predicted octanol–water partition coefficient (Wildman–Crippen LogP) is 13.2. The van der Waals surface area contributed by atoms with Gasteiger partial charge in [-0.2, -0.15) is 0 Å². The third kappa shape index (κ3) is 5.65. The van der Waals surface area contributed by atoms with Crippen LogP contribution in [0, 0.1) is 0 Å². The monoisotopic (exact) mass is 719 g/mol. The molecular formula is C51H33N3O2. The SMILES string of the molecule is C1=CC(c2cccc(-c3cccc(-c4ccc5oc6ncccc6c5c4)c3)c2)NC(c2cccc(-c3cccc(-c4ccc5oc6ncccc6c5c4)c3)c2)=C1. The van der Waals surface area contributed by atoms with E-state index in [0.717, 1.165) is 77.4 Å². The lowest BCUT2D eigenvalue weighted by Crippen LogP contribution is -2.20. The summed E-state index contributed by atoms with van der Waals surface area (Å²) in [6, 6.07) is 55.9. The van der Waals surface area contributed by atoms with E-state index < -0.39 is 0 Å². The zero-order valence-corrected chi connectivity index (χ0v) is 30.2. The molecule has 0 spiro atoms. The minimum Gasteiger partial charge on any atom is -0.438 e. The molecule has 0 saturated carbocycles. The summed E-state index contributed by atoms with van der Waals surface area (Å²) in [5.41, 5.74) is 15.7. The molecule has 4 aromatic heterocycles. The van der Waals surface area contributed by atoms with Crippen molar-refractivity contribution in [3.8, 4) is 44.5 Å². The molecule has 0 amide bonds. The topological polar surface area (TPSA) is 64.1 Å². The van der Waals surface area contributed by atoms with Gasteiger partial charge in [-0.15, -0.1) is 0 Å². The molecule has 1 aliphatic rings. The maximum atomic E-state index is 5.98. The van der Waals surface area contributed by atoms with E-state index in [1.165, 1.54) is 16.7 Å². The largest absolute Gasteiger partial charge is 0.438 e. The Morgan fingerprint density at radius 3 is 1.43 bits per heavy atom. The van der Waals surface area contributed by atoms with Gasteiger partial charge in [0.15, 0.2) is 0 Å². The van der Waals surface area contributed by atoms with Crippen molar-refractivity contribution in [3.63, 3.8) is 0 Å². The van der Waals surface area contributed by atoms with Gasteiger partial charge in [-0.25, -0.2) is 9.97 Å². The molecule has 0 radical (unpaired) electrons. The third-order valence-corrected chi connectivity index (χ3v) is 10.9. The zero-order valence-electron chi connectivity index (χ0n) is 30.2. The average Bonchev–Trinajstić information content (AvgIpc) is 3.84. The summed E-state index contributed by atoms with van der Waals surface area (Å²) in [6.45, 7) is 0. The van der Waals surface area contributed by atoms with Crippen LogP contribution in [-0.2, 0) is 0 Å². The average molecular weight is 720 g/mol. The van der Waals surface area contributed by atoms with E-state index in [-0.39, 0.29) is 6.04 Å². The lowest BCUT2D eigenvalue weighted by Gasteiger charge is -2.23. The molecular weight excluding hydrogens is 687 g/mol. The summed E-state index contributed by atoms with van der Waals surface area (Å²) in [6.07, 6.45) is 10.1. The molecule has 0 bridgehead atoms. The highest BCUT2D eigenvalue weighted by Gasteiger charge is 2.16. The number of rotatable bonds is 6. The Bertz CT molecular complexity index is 3200. The highest BCUT2D eigenvalue weighted by Crippen LogP contribution is 2.36. The van der Waals surface area contributed by atoms with E-state index in [9.17, 15) is 0 Å². The standard InChI is InChI=1S/C51H33N3O2/c1-8-32(26-34(10-1)38-20-22-48-44(30-38)42-16-6-24-52-50(42)55-48)36-12-3-14-40(28-36)46-18-5-19-47(54-46)41-15-4-13-37(29-41)33-9-2-11-35(27-33)39-21-23-49-45(31-39)43-17-7-25-53-51(43)56-49/h1-31,46,54H. The predicted molar refractivity (Wildman–Crippen MR) is 228 cm³/mol. The van der Waals surface area contributed by atoms with Crippen LogP contribution in [0.15, 0.2) is 197 Å². The maximum Gasteiger partial charge on any atom is 0.227 e. The minimum absolute atomic E-state index is 0.0274. The molecule has 5 heterocycles. The normalized spacial score (nSPS) is 14.1. The van der Waals surface area contributed by atoms with E-state index in [1.807, 2.05) is 24.3 Å². The molecule has 6 aromatic carbocycles. The third-order valence-electron chi connectivity index (χ3n) is 10.9. The van der Waals surface area contributed by atoms with Crippen LogP contribution in [0.5, 0.6) is 0 Å². The van der Waals surface area contributed by atoms with Crippen LogP contribution in [-0.4, -0.2) is 9.97 Å². The fraction of sp³-hybridized carbons (Fsp3) is 0.0196. The summed E-state index contributed by atoms with van der Waals surface area (Å²) in [4.78, 5) is 8.80. The maximum absolute atomic E-state index is 5.98. The second-order valence-electron chi connectivity index (χ2n) is 14.3. The quantitative estimate of drug-likeness (QED) is 0.185. The molecule has 10 aromatic rings. The van der Waals surface area contributed by atoms with Crippen molar-refractivity contribution in [3.05, 3.63) is 199 Å². The molecule has 56 heavy (non-hydrogen) atoms. The van der Waals surface area contributed by atoms with Crippen molar-refractivity contribution in [1.82, 2.24) is 15.3 Å². The number of hydrogen-bond donors (Lipinski definition) is 1. The fourth-order valence-electron chi connectivity index (χ4n) is 8.02. The number of benzene rings is 6. The number of aromatic nitrogens is 2. The number of allylic oxidation sites excluding steroid dienone is 2. The van der Waals surface area contributed by atoms with Crippen molar-refractivity contribution in [2.75, 3.05) is 0 Å². The van der Waals surface area contributed by atoms with Gasteiger partial charge < -0.3 is 14.2 Å². The van der Waals surface area contributed by atoms with E-state index >= 15 is 0 Å². The Balaban J connectivity index is 0.848. The first-order valence-electron chi connectivity index (χ1n) is 18.8. The highest BCUT2D eigenvalue weighted by atomic mass is 16.3. The van der Waals surface area contributed by atoms with Gasteiger partial charge in [0, 0.05) is 39.6 Å². The first-order valence-corrected chi connectivity index (χ1v) is 18.8. The number of fused-ring (bicyclic) bond motifs is 6. The number of nitrogens with one attached hydrogen (secondary N) is 1. The molecule has 264 valence electrons. The molecule has 1 aliphatic heterocycles. The summed E-state index contributed by atoms with van der Waals surface area (Å²) in [5, 5.41) is 8.03. The van der Waals surface area contributed by atoms with Crippen molar-refractivity contribution in [2.45, 2.75) is 6.04 Å². The molecule has 0 aliphatic carbocycles.